The molecule has 0 radical (unpaired) electrons. The summed E-state index contributed by atoms with van der Waals surface area (Å²) in [6.07, 6.45) is 0. The van der Waals surface area contributed by atoms with Crippen molar-refractivity contribution in [1.29, 1.82) is 0 Å². The fourth-order valence-corrected chi connectivity index (χ4v) is 2.23. The molecule has 0 aromatic heterocycles. The predicted molar refractivity (Wildman–Crippen MR) is 75.6 cm³/mol. The fourth-order valence-electron chi connectivity index (χ4n) is 2.23. The molecule has 0 heterocycles. The Morgan fingerprint density at radius 2 is 2.00 bits per heavy atom. The van der Waals surface area contributed by atoms with Gasteiger partial charge in [0.25, 0.3) is 0 Å². The van der Waals surface area contributed by atoms with Crippen molar-refractivity contribution in [3.05, 3.63) is 29.8 Å². The molecule has 0 amide bonds. The fraction of sp³-hybridized carbons (Fsp3) is 0.533. The van der Waals surface area contributed by atoms with Crippen LogP contribution in [-0.4, -0.2) is 34.7 Å². The molecule has 0 aliphatic rings. The topological polar surface area (TPSA) is 49.8 Å². The Bertz CT molecular complexity index is 486. The number of rotatable bonds is 6. The first-order valence-electron chi connectivity index (χ1n) is 6.64. The number of carboxylic acid groups (broad SMARTS) is 1. The molecule has 1 aromatic rings. The molecule has 21 heavy (non-hydrogen) atoms. The van der Waals surface area contributed by atoms with Gasteiger partial charge in [-0.1, -0.05) is 12.1 Å². The van der Waals surface area contributed by atoms with E-state index in [-0.39, 0.29) is 23.9 Å². The Kier molecular flexibility index (Phi) is 5.66. The third kappa shape index (κ3) is 5.30. The van der Waals surface area contributed by atoms with Gasteiger partial charge in [-0.05, 0) is 45.4 Å². The minimum absolute atomic E-state index is 0.0681. The van der Waals surface area contributed by atoms with E-state index in [9.17, 15) is 13.6 Å². The number of hydrogen-bond acceptors (Lipinski definition) is 3. The highest BCUT2D eigenvalue weighted by molar-refractivity contribution is 5.69. The monoisotopic (exact) mass is 301 g/mol. The zero-order chi connectivity index (χ0) is 16.2. The summed E-state index contributed by atoms with van der Waals surface area (Å²) in [4.78, 5) is 12.8. The number of alkyl halides is 2. The lowest BCUT2D eigenvalue weighted by Crippen LogP contribution is -2.45. The van der Waals surface area contributed by atoms with Crippen LogP contribution in [0.4, 0.5) is 8.78 Å². The molecular weight excluding hydrogens is 280 g/mol. The molecule has 0 fully saturated rings. The summed E-state index contributed by atoms with van der Waals surface area (Å²) in [5.74, 6) is -0.865. The Morgan fingerprint density at radius 3 is 2.48 bits per heavy atom. The third-order valence-electron chi connectivity index (χ3n) is 3.20. The molecule has 0 saturated heterocycles. The number of aliphatic carboxylic acids is 1. The Morgan fingerprint density at radius 1 is 1.38 bits per heavy atom. The van der Waals surface area contributed by atoms with Gasteiger partial charge in [0.15, 0.2) is 0 Å². The van der Waals surface area contributed by atoms with Crippen molar-refractivity contribution in [2.45, 2.75) is 45.9 Å². The molecule has 0 spiro atoms. The van der Waals surface area contributed by atoms with Gasteiger partial charge in [-0.3, -0.25) is 9.69 Å². The van der Waals surface area contributed by atoms with Crippen molar-refractivity contribution in [2.24, 2.45) is 0 Å². The van der Waals surface area contributed by atoms with Crippen molar-refractivity contribution >= 4 is 5.97 Å². The minimum atomic E-state index is -2.88. The number of halogens is 2. The third-order valence-corrected chi connectivity index (χ3v) is 3.20. The van der Waals surface area contributed by atoms with E-state index >= 15 is 0 Å². The van der Waals surface area contributed by atoms with Gasteiger partial charge in [-0.15, -0.1) is 0 Å². The molecule has 0 bridgehead atoms. The van der Waals surface area contributed by atoms with E-state index in [4.69, 9.17) is 5.11 Å². The van der Waals surface area contributed by atoms with Gasteiger partial charge in [0.1, 0.15) is 5.75 Å². The number of nitrogens with zero attached hydrogens (tertiary/aromatic N) is 1. The SMILES string of the molecule is CC(c1cccc(OC(F)F)c1)N(CC(=O)O)C(C)(C)C. The standard InChI is InChI=1S/C15H21F2NO3/c1-10(18(9-13(19)20)15(2,3)4)11-6-5-7-12(8-11)21-14(16)17/h5-8,10,14H,9H2,1-4H3,(H,19,20). The lowest BCUT2D eigenvalue weighted by molar-refractivity contribution is -0.140. The van der Waals surface area contributed by atoms with Gasteiger partial charge in [-0.25, -0.2) is 0 Å². The van der Waals surface area contributed by atoms with E-state index in [2.05, 4.69) is 4.74 Å². The van der Waals surface area contributed by atoms with Crippen LogP contribution in [0, 0.1) is 0 Å². The van der Waals surface area contributed by atoms with E-state index in [1.807, 2.05) is 27.7 Å². The number of carboxylic acids is 1. The molecule has 6 heteroatoms. The highest BCUT2D eigenvalue weighted by Crippen LogP contribution is 2.29. The molecule has 1 N–H and O–H groups in total. The summed E-state index contributed by atoms with van der Waals surface area (Å²) in [6.45, 7) is 4.55. The maximum absolute atomic E-state index is 12.3. The first-order valence-corrected chi connectivity index (χ1v) is 6.64. The highest BCUT2D eigenvalue weighted by Gasteiger charge is 2.29. The predicted octanol–water partition coefficient (Wildman–Crippen LogP) is 3.53. The van der Waals surface area contributed by atoms with Crippen LogP contribution in [0.15, 0.2) is 24.3 Å². The van der Waals surface area contributed by atoms with E-state index in [0.717, 1.165) is 5.56 Å². The van der Waals surface area contributed by atoms with E-state index in [1.165, 1.54) is 12.1 Å². The maximum Gasteiger partial charge on any atom is 0.387 e. The van der Waals surface area contributed by atoms with Gasteiger partial charge in [0.05, 0.1) is 6.54 Å². The molecule has 1 unspecified atom stereocenters. The highest BCUT2D eigenvalue weighted by atomic mass is 19.3. The van der Waals surface area contributed by atoms with Crippen molar-refractivity contribution in [2.75, 3.05) is 6.54 Å². The van der Waals surface area contributed by atoms with Crippen molar-refractivity contribution in [3.8, 4) is 5.75 Å². The molecule has 118 valence electrons. The Labute approximate surface area is 123 Å². The van der Waals surface area contributed by atoms with Crippen LogP contribution in [0.1, 0.15) is 39.3 Å². The molecule has 1 atom stereocenters. The van der Waals surface area contributed by atoms with Crippen LogP contribution in [0.25, 0.3) is 0 Å². The molecule has 0 aliphatic carbocycles. The smallest absolute Gasteiger partial charge is 0.387 e. The first-order chi connectivity index (χ1) is 9.61. The van der Waals surface area contributed by atoms with Gasteiger partial charge in [0.2, 0.25) is 0 Å². The average molecular weight is 301 g/mol. The van der Waals surface area contributed by atoms with Crippen LogP contribution in [0.2, 0.25) is 0 Å². The first kappa shape index (κ1) is 17.4. The van der Waals surface area contributed by atoms with Crippen molar-refractivity contribution < 1.29 is 23.4 Å². The Balaban J connectivity index is 3.03. The lowest BCUT2D eigenvalue weighted by Gasteiger charge is -2.39. The quantitative estimate of drug-likeness (QED) is 0.873. The molecule has 1 rings (SSSR count). The second-order valence-electron chi connectivity index (χ2n) is 5.82. The van der Waals surface area contributed by atoms with Crippen LogP contribution < -0.4 is 4.74 Å². The Hall–Kier alpha value is -1.69. The largest absolute Gasteiger partial charge is 0.480 e. The molecule has 1 aromatic carbocycles. The molecule has 0 saturated carbocycles. The van der Waals surface area contributed by atoms with Crippen LogP contribution in [0.5, 0.6) is 5.75 Å². The van der Waals surface area contributed by atoms with Gasteiger partial charge >= 0.3 is 12.6 Å². The van der Waals surface area contributed by atoms with Crippen LogP contribution >= 0.6 is 0 Å². The van der Waals surface area contributed by atoms with Crippen LogP contribution in [-0.2, 0) is 4.79 Å². The summed E-state index contributed by atoms with van der Waals surface area (Å²) < 4.78 is 28.9. The van der Waals surface area contributed by atoms with Gasteiger partial charge in [-0.2, -0.15) is 8.78 Å². The summed E-state index contributed by atoms with van der Waals surface area (Å²) in [5.41, 5.74) is 0.349. The number of carbonyl (C=O) groups is 1. The van der Waals surface area contributed by atoms with Crippen molar-refractivity contribution in [1.82, 2.24) is 4.90 Å². The minimum Gasteiger partial charge on any atom is -0.480 e. The maximum atomic E-state index is 12.3. The average Bonchev–Trinajstić information content (AvgIpc) is 2.33. The second-order valence-corrected chi connectivity index (χ2v) is 5.82. The zero-order valence-corrected chi connectivity index (χ0v) is 12.6. The van der Waals surface area contributed by atoms with E-state index < -0.39 is 12.6 Å². The lowest BCUT2D eigenvalue weighted by atomic mass is 9.98. The van der Waals surface area contributed by atoms with Gasteiger partial charge in [0, 0.05) is 11.6 Å². The summed E-state index contributed by atoms with van der Waals surface area (Å²) >= 11 is 0. The number of ether oxygens (including phenoxy) is 1. The van der Waals surface area contributed by atoms with Crippen LogP contribution in [0.3, 0.4) is 0 Å². The summed E-state index contributed by atoms with van der Waals surface area (Å²) in [6, 6.07) is 6.09. The molecular formula is C15H21F2NO3. The zero-order valence-electron chi connectivity index (χ0n) is 12.6. The number of benzene rings is 1. The van der Waals surface area contributed by atoms with E-state index in [1.54, 1.807) is 17.0 Å². The van der Waals surface area contributed by atoms with Gasteiger partial charge < -0.3 is 9.84 Å². The summed E-state index contributed by atoms with van der Waals surface area (Å²) in [7, 11) is 0. The normalized spacial score (nSPS) is 13.5. The molecule has 4 nitrogen and oxygen atoms in total. The molecule has 0 aliphatic heterocycles. The van der Waals surface area contributed by atoms with Crippen molar-refractivity contribution in [3.63, 3.8) is 0 Å². The summed E-state index contributed by atoms with van der Waals surface area (Å²) in [5, 5.41) is 9.05. The second kappa shape index (κ2) is 6.85. The number of hydrogen-bond donors (Lipinski definition) is 1. The van der Waals surface area contributed by atoms with E-state index in [0.29, 0.717) is 0 Å².